The Balaban J connectivity index is 1.93. The van der Waals surface area contributed by atoms with Crippen molar-refractivity contribution < 1.29 is 4.79 Å². The number of fused-ring (bicyclic) bond motifs is 5. The van der Waals surface area contributed by atoms with Crippen LogP contribution in [0.25, 0.3) is 0 Å². The molecule has 3 rings (SSSR count). The van der Waals surface area contributed by atoms with Crippen LogP contribution in [0.15, 0.2) is 0 Å². The van der Waals surface area contributed by atoms with Crippen molar-refractivity contribution in [1.82, 2.24) is 0 Å². The Morgan fingerprint density at radius 2 is 2.19 bits per heavy atom. The number of ketones is 1. The van der Waals surface area contributed by atoms with Crippen LogP contribution in [0.2, 0.25) is 0 Å². The summed E-state index contributed by atoms with van der Waals surface area (Å²) in [5.41, 5.74) is 0.523. The van der Waals surface area contributed by atoms with Gasteiger partial charge in [0, 0.05) is 12.3 Å². The third-order valence-electron chi connectivity index (χ3n) is 6.05. The van der Waals surface area contributed by atoms with Gasteiger partial charge in [-0.2, -0.15) is 0 Å². The zero-order valence-electron chi connectivity index (χ0n) is 10.8. The number of hydrogen-bond acceptors (Lipinski definition) is 1. The number of Topliss-reactive ketones (excluding diaryl/α,β-unsaturated/α-hetero) is 1. The summed E-state index contributed by atoms with van der Waals surface area (Å²) in [4.78, 5) is 12.2. The summed E-state index contributed by atoms with van der Waals surface area (Å²) in [6, 6.07) is 0. The maximum Gasteiger partial charge on any atom is 0.136 e. The molecular formula is C15H24O. The molecule has 1 heteroatoms. The van der Waals surface area contributed by atoms with Crippen molar-refractivity contribution in [3.63, 3.8) is 0 Å². The van der Waals surface area contributed by atoms with E-state index in [9.17, 15) is 4.79 Å². The van der Waals surface area contributed by atoms with Crippen molar-refractivity contribution in [3.8, 4) is 0 Å². The van der Waals surface area contributed by atoms with Crippen LogP contribution in [-0.2, 0) is 4.79 Å². The summed E-state index contributed by atoms with van der Waals surface area (Å²) in [5.74, 6) is 4.22. The lowest BCUT2D eigenvalue weighted by atomic mass is 9.67. The second-order valence-electron chi connectivity index (χ2n) is 6.91. The van der Waals surface area contributed by atoms with E-state index in [-0.39, 0.29) is 0 Å². The molecule has 3 aliphatic carbocycles. The molecule has 0 spiro atoms. The van der Waals surface area contributed by atoms with Gasteiger partial charge in [-0.25, -0.2) is 0 Å². The highest BCUT2D eigenvalue weighted by Gasteiger charge is 2.62. The van der Waals surface area contributed by atoms with E-state index in [1.165, 1.54) is 25.7 Å². The van der Waals surface area contributed by atoms with Gasteiger partial charge in [-0.05, 0) is 54.8 Å². The third kappa shape index (κ3) is 1.21. The lowest BCUT2D eigenvalue weighted by Gasteiger charge is -2.36. The minimum atomic E-state index is 0.408. The van der Waals surface area contributed by atoms with E-state index in [0.717, 1.165) is 24.2 Å². The number of carbonyl (C=O) groups is 1. The van der Waals surface area contributed by atoms with Gasteiger partial charge in [0.15, 0.2) is 0 Å². The molecule has 3 aliphatic rings. The highest BCUT2D eigenvalue weighted by Crippen LogP contribution is 2.68. The average molecular weight is 220 g/mol. The van der Waals surface area contributed by atoms with E-state index in [1.807, 2.05) is 6.92 Å². The average Bonchev–Trinajstić information content (AvgIpc) is 2.85. The van der Waals surface area contributed by atoms with E-state index in [0.29, 0.717) is 23.0 Å². The molecule has 6 atom stereocenters. The fourth-order valence-electron chi connectivity index (χ4n) is 5.52. The number of hydrogen-bond donors (Lipinski definition) is 0. The normalized spacial score (nSPS) is 54.3. The third-order valence-corrected chi connectivity index (χ3v) is 6.05. The molecule has 2 bridgehead atoms. The molecule has 0 amide bonds. The zero-order valence-corrected chi connectivity index (χ0v) is 10.8. The molecule has 0 aromatic heterocycles. The van der Waals surface area contributed by atoms with E-state index in [1.54, 1.807) is 0 Å². The topological polar surface area (TPSA) is 17.1 Å². The molecule has 3 fully saturated rings. The Kier molecular flexibility index (Phi) is 2.25. The summed E-state index contributed by atoms with van der Waals surface area (Å²) in [5, 5.41) is 0. The first-order valence-corrected chi connectivity index (χ1v) is 7.09. The monoisotopic (exact) mass is 220 g/mol. The van der Waals surface area contributed by atoms with E-state index in [4.69, 9.17) is 0 Å². The highest BCUT2D eigenvalue weighted by molar-refractivity contribution is 5.82. The second kappa shape index (κ2) is 3.34. The first-order valence-electron chi connectivity index (χ1n) is 7.09. The largest absolute Gasteiger partial charge is 0.299 e. The van der Waals surface area contributed by atoms with Crippen LogP contribution >= 0.6 is 0 Å². The Bertz CT molecular complexity index is 321. The van der Waals surface area contributed by atoms with Crippen molar-refractivity contribution in [1.29, 1.82) is 0 Å². The lowest BCUT2D eigenvalue weighted by molar-refractivity contribution is -0.126. The van der Waals surface area contributed by atoms with Crippen molar-refractivity contribution in [2.45, 2.75) is 52.9 Å². The van der Waals surface area contributed by atoms with Crippen molar-refractivity contribution in [2.24, 2.45) is 35.0 Å². The molecule has 0 aromatic rings. The molecule has 0 aromatic carbocycles. The summed E-state index contributed by atoms with van der Waals surface area (Å²) in [6.07, 6.45) is 6.33. The summed E-state index contributed by atoms with van der Waals surface area (Å²) in [7, 11) is 0. The standard InChI is InChI=1S/C15H24O/c1-4-12(16)13-9(2)7-11-10-5-6-15(3,8-10)14(11)13/h9-11,13-14H,4-8H2,1-3H3. The molecule has 90 valence electrons. The predicted molar refractivity (Wildman–Crippen MR) is 65.0 cm³/mol. The molecular weight excluding hydrogens is 196 g/mol. The van der Waals surface area contributed by atoms with Crippen molar-refractivity contribution in [3.05, 3.63) is 0 Å². The first kappa shape index (κ1) is 10.8. The summed E-state index contributed by atoms with van der Waals surface area (Å²) >= 11 is 0. The Hall–Kier alpha value is -0.330. The number of rotatable bonds is 2. The van der Waals surface area contributed by atoms with Gasteiger partial charge >= 0.3 is 0 Å². The Labute approximate surface area is 99.0 Å². The molecule has 3 saturated carbocycles. The van der Waals surface area contributed by atoms with Gasteiger partial charge in [-0.3, -0.25) is 4.79 Å². The van der Waals surface area contributed by atoms with E-state index < -0.39 is 0 Å². The van der Waals surface area contributed by atoms with Gasteiger partial charge in [0.05, 0.1) is 0 Å². The van der Waals surface area contributed by atoms with Gasteiger partial charge in [-0.15, -0.1) is 0 Å². The van der Waals surface area contributed by atoms with E-state index >= 15 is 0 Å². The van der Waals surface area contributed by atoms with Crippen LogP contribution in [0.3, 0.4) is 0 Å². The van der Waals surface area contributed by atoms with Crippen LogP contribution in [-0.4, -0.2) is 5.78 Å². The molecule has 6 unspecified atom stereocenters. The van der Waals surface area contributed by atoms with Gasteiger partial charge in [0.25, 0.3) is 0 Å². The maximum absolute atomic E-state index is 12.2. The SMILES string of the molecule is CCC(=O)C1C(C)CC2C3CCC(C)(C3)C21. The predicted octanol–water partition coefficient (Wildman–Crippen LogP) is 3.67. The summed E-state index contributed by atoms with van der Waals surface area (Å²) in [6.45, 7) is 6.82. The van der Waals surface area contributed by atoms with Gasteiger partial charge in [0.2, 0.25) is 0 Å². The smallest absolute Gasteiger partial charge is 0.136 e. The summed E-state index contributed by atoms with van der Waals surface area (Å²) < 4.78 is 0. The lowest BCUT2D eigenvalue weighted by Crippen LogP contribution is -2.34. The van der Waals surface area contributed by atoms with Crippen molar-refractivity contribution in [2.75, 3.05) is 0 Å². The van der Waals surface area contributed by atoms with Gasteiger partial charge in [-0.1, -0.05) is 20.8 Å². The molecule has 1 nitrogen and oxygen atoms in total. The fraction of sp³-hybridized carbons (Fsp3) is 0.933. The van der Waals surface area contributed by atoms with Gasteiger partial charge in [0.1, 0.15) is 5.78 Å². The van der Waals surface area contributed by atoms with Crippen LogP contribution in [0.5, 0.6) is 0 Å². The zero-order chi connectivity index (χ0) is 11.5. The molecule has 0 saturated heterocycles. The minimum absolute atomic E-state index is 0.408. The minimum Gasteiger partial charge on any atom is -0.299 e. The molecule has 0 N–H and O–H groups in total. The molecule has 0 heterocycles. The van der Waals surface area contributed by atoms with Crippen LogP contribution in [0.1, 0.15) is 52.9 Å². The fourth-order valence-corrected chi connectivity index (χ4v) is 5.52. The molecule has 0 aliphatic heterocycles. The van der Waals surface area contributed by atoms with E-state index in [2.05, 4.69) is 13.8 Å². The number of carbonyl (C=O) groups excluding carboxylic acids is 1. The maximum atomic E-state index is 12.2. The Morgan fingerprint density at radius 1 is 1.44 bits per heavy atom. The van der Waals surface area contributed by atoms with Crippen LogP contribution < -0.4 is 0 Å². The first-order chi connectivity index (χ1) is 7.57. The van der Waals surface area contributed by atoms with Crippen molar-refractivity contribution >= 4 is 5.78 Å². The quantitative estimate of drug-likeness (QED) is 0.694. The molecule has 0 radical (unpaired) electrons. The Morgan fingerprint density at radius 3 is 2.88 bits per heavy atom. The molecule has 16 heavy (non-hydrogen) atoms. The second-order valence-corrected chi connectivity index (χ2v) is 6.91. The van der Waals surface area contributed by atoms with Crippen LogP contribution in [0, 0.1) is 35.0 Å². The van der Waals surface area contributed by atoms with Crippen LogP contribution in [0.4, 0.5) is 0 Å². The highest BCUT2D eigenvalue weighted by atomic mass is 16.1. The van der Waals surface area contributed by atoms with Gasteiger partial charge < -0.3 is 0 Å².